The van der Waals surface area contributed by atoms with Crippen LogP contribution in [-0.4, -0.2) is 25.2 Å². The quantitative estimate of drug-likeness (QED) is 0.920. The van der Waals surface area contributed by atoms with Crippen LogP contribution in [0.5, 0.6) is 0 Å². The summed E-state index contributed by atoms with van der Waals surface area (Å²) in [5, 5.41) is 3.70. The third-order valence-corrected chi connectivity index (χ3v) is 3.25. The number of hydrogen-bond donors (Lipinski definition) is 1. The van der Waals surface area contributed by atoms with Gasteiger partial charge in [-0.1, -0.05) is 23.2 Å². The van der Waals surface area contributed by atoms with E-state index in [4.69, 9.17) is 27.9 Å². The molecule has 1 atom stereocenters. The van der Waals surface area contributed by atoms with Gasteiger partial charge in [-0.15, -0.1) is 0 Å². The molecule has 1 aliphatic rings. The van der Waals surface area contributed by atoms with Gasteiger partial charge in [0.1, 0.15) is 0 Å². The number of amides is 1. The number of nitrogens with one attached hydrogen (secondary N) is 1. The van der Waals surface area contributed by atoms with Gasteiger partial charge in [-0.25, -0.2) is 0 Å². The first-order valence-corrected chi connectivity index (χ1v) is 6.27. The topological polar surface area (TPSA) is 38.3 Å². The van der Waals surface area contributed by atoms with Gasteiger partial charge in [0.25, 0.3) is 5.91 Å². The van der Waals surface area contributed by atoms with E-state index in [9.17, 15) is 4.79 Å². The van der Waals surface area contributed by atoms with Crippen LogP contribution in [0.3, 0.4) is 0 Å². The number of carbonyl (C=O) groups is 1. The molecular weight excluding hydrogens is 261 g/mol. The molecule has 1 fully saturated rings. The summed E-state index contributed by atoms with van der Waals surface area (Å²) < 4.78 is 5.42. The predicted molar refractivity (Wildman–Crippen MR) is 67.8 cm³/mol. The Balaban J connectivity index is 1.96. The van der Waals surface area contributed by atoms with Gasteiger partial charge in [-0.2, -0.15) is 0 Å². The first-order valence-electron chi connectivity index (χ1n) is 5.51. The number of carbonyl (C=O) groups excluding carboxylic acids is 1. The Morgan fingerprint density at radius 3 is 3.00 bits per heavy atom. The summed E-state index contributed by atoms with van der Waals surface area (Å²) in [4.78, 5) is 11.9. The van der Waals surface area contributed by atoms with Crippen LogP contribution in [-0.2, 0) is 4.74 Å². The molecular formula is C12H13Cl2NO2. The van der Waals surface area contributed by atoms with E-state index in [-0.39, 0.29) is 12.0 Å². The molecule has 2 rings (SSSR count). The Labute approximate surface area is 110 Å². The van der Waals surface area contributed by atoms with Gasteiger partial charge in [0.05, 0.1) is 16.7 Å². The largest absolute Gasteiger partial charge is 0.376 e. The van der Waals surface area contributed by atoms with Crippen molar-refractivity contribution in [1.82, 2.24) is 5.32 Å². The second-order valence-corrected chi connectivity index (χ2v) is 4.81. The van der Waals surface area contributed by atoms with Crippen LogP contribution in [0, 0.1) is 0 Å². The van der Waals surface area contributed by atoms with Crippen molar-refractivity contribution >= 4 is 29.1 Å². The summed E-state index contributed by atoms with van der Waals surface area (Å²) in [7, 11) is 0. The fourth-order valence-corrected chi connectivity index (χ4v) is 2.15. The number of benzene rings is 1. The third-order valence-electron chi connectivity index (χ3n) is 2.69. The van der Waals surface area contributed by atoms with Gasteiger partial charge in [-0.3, -0.25) is 4.79 Å². The Morgan fingerprint density at radius 2 is 2.29 bits per heavy atom. The van der Waals surface area contributed by atoms with Crippen LogP contribution in [0.4, 0.5) is 0 Å². The number of ether oxygens (including phenoxy) is 1. The highest BCUT2D eigenvalue weighted by molar-refractivity contribution is 6.35. The second kappa shape index (κ2) is 5.71. The van der Waals surface area contributed by atoms with Gasteiger partial charge >= 0.3 is 0 Å². The number of halogens is 2. The van der Waals surface area contributed by atoms with E-state index in [1.807, 2.05) is 0 Å². The lowest BCUT2D eigenvalue weighted by atomic mass is 10.2. The highest BCUT2D eigenvalue weighted by atomic mass is 35.5. The van der Waals surface area contributed by atoms with Crippen molar-refractivity contribution in [2.75, 3.05) is 13.2 Å². The Hall–Kier alpha value is -0.770. The molecule has 0 spiro atoms. The van der Waals surface area contributed by atoms with Gasteiger partial charge in [-0.05, 0) is 31.0 Å². The van der Waals surface area contributed by atoms with Crippen LogP contribution in [0.2, 0.25) is 10.0 Å². The molecule has 1 aromatic carbocycles. The van der Waals surface area contributed by atoms with Crippen LogP contribution in [0.15, 0.2) is 18.2 Å². The van der Waals surface area contributed by atoms with Crippen LogP contribution >= 0.6 is 23.2 Å². The molecule has 1 N–H and O–H groups in total. The monoisotopic (exact) mass is 273 g/mol. The van der Waals surface area contributed by atoms with E-state index in [1.165, 1.54) is 0 Å². The lowest BCUT2D eigenvalue weighted by Crippen LogP contribution is -2.31. The smallest absolute Gasteiger partial charge is 0.252 e. The average Bonchev–Trinajstić information content (AvgIpc) is 2.82. The highest BCUT2D eigenvalue weighted by Gasteiger charge is 2.17. The standard InChI is InChI=1S/C12H13Cl2NO2/c13-8-3-4-11(14)10(6-8)12(16)15-7-9-2-1-5-17-9/h3-4,6,9H,1-2,5,7H2,(H,15,16)/t9-/m1/s1. The maximum Gasteiger partial charge on any atom is 0.252 e. The molecule has 92 valence electrons. The minimum Gasteiger partial charge on any atom is -0.376 e. The minimum atomic E-state index is -0.215. The zero-order chi connectivity index (χ0) is 12.3. The number of rotatable bonds is 3. The van der Waals surface area contributed by atoms with Crippen LogP contribution < -0.4 is 5.32 Å². The van der Waals surface area contributed by atoms with Gasteiger partial charge in [0, 0.05) is 18.2 Å². The Kier molecular flexibility index (Phi) is 4.26. The van der Waals surface area contributed by atoms with E-state index in [0.29, 0.717) is 22.2 Å². The molecule has 17 heavy (non-hydrogen) atoms. The van der Waals surface area contributed by atoms with Gasteiger partial charge in [0.2, 0.25) is 0 Å². The fourth-order valence-electron chi connectivity index (χ4n) is 1.78. The van der Waals surface area contributed by atoms with E-state index in [0.717, 1.165) is 19.4 Å². The molecule has 0 aliphatic carbocycles. The molecule has 0 unspecified atom stereocenters. The Bertz CT molecular complexity index is 417. The van der Waals surface area contributed by atoms with Crippen molar-refractivity contribution in [2.45, 2.75) is 18.9 Å². The lowest BCUT2D eigenvalue weighted by molar-refractivity contribution is 0.0858. The van der Waals surface area contributed by atoms with E-state index >= 15 is 0 Å². The fraction of sp³-hybridized carbons (Fsp3) is 0.417. The van der Waals surface area contributed by atoms with Gasteiger partial charge < -0.3 is 10.1 Å². The maximum absolute atomic E-state index is 11.9. The molecule has 5 heteroatoms. The average molecular weight is 274 g/mol. The van der Waals surface area contributed by atoms with Crippen molar-refractivity contribution in [2.24, 2.45) is 0 Å². The molecule has 0 aromatic heterocycles. The lowest BCUT2D eigenvalue weighted by Gasteiger charge is -2.11. The van der Waals surface area contributed by atoms with E-state index < -0.39 is 0 Å². The van der Waals surface area contributed by atoms with Gasteiger partial charge in [0.15, 0.2) is 0 Å². The van der Waals surface area contributed by atoms with E-state index in [2.05, 4.69) is 5.32 Å². The first-order chi connectivity index (χ1) is 8.16. The maximum atomic E-state index is 11.9. The molecule has 1 aromatic rings. The van der Waals surface area contributed by atoms with Crippen molar-refractivity contribution in [1.29, 1.82) is 0 Å². The summed E-state index contributed by atoms with van der Waals surface area (Å²) >= 11 is 11.8. The summed E-state index contributed by atoms with van der Waals surface area (Å²) in [6, 6.07) is 4.83. The molecule has 1 saturated heterocycles. The zero-order valence-corrected chi connectivity index (χ0v) is 10.7. The zero-order valence-electron chi connectivity index (χ0n) is 9.21. The molecule has 0 saturated carbocycles. The van der Waals surface area contributed by atoms with Crippen LogP contribution in [0.1, 0.15) is 23.2 Å². The molecule has 0 bridgehead atoms. The second-order valence-electron chi connectivity index (χ2n) is 3.97. The molecule has 1 heterocycles. The minimum absolute atomic E-state index is 0.122. The molecule has 1 amide bonds. The Morgan fingerprint density at radius 1 is 1.47 bits per heavy atom. The third kappa shape index (κ3) is 3.35. The van der Waals surface area contributed by atoms with Crippen molar-refractivity contribution in [3.63, 3.8) is 0 Å². The summed E-state index contributed by atoms with van der Waals surface area (Å²) in [6.07, 6.45) is 2.17. The van der Waals surface area contributed by atoms with Crippen molar-refractivity contribution in [3.8, 4) is 0 Å². The van der Waals surface area contributed by atoms with Crippen LogP contribution in [0.25, 0.3) is 0 Å². The molecule has 0 radical (unpaired) electrons. The summed E-state index contributed by atoms with van der Waals surface area (Å²) in [5.41, 5.74) is 0.400. The summed E-state index contributed by atoms with van der Waals surface area (Å²) in [5.74, 6) is -0.215. The predicted octanol–water partition coefficient (Wildman–Crippen LogP) is 2.90. The SMILES string of the molecule is O=C(NC[C@H]1CCCO1)c1cc(Cl)ccc1Cl. The molecule has 3 nitrogen and oxygen atoms in total. The number of hydrogen-bond acceptors (Lipinski definition) is 2. The highest BCUT2D eigenvalue weighted by Crippen LogP contribution is 2.20. The molecule has 1 aliphatic heterocycles. The van der Waals surface area contributed by atoms with Crippen molar-refractivity contribution in [3.05, 3.63) is 33.8 Å². The summed E-state index contributed by atoms with van der Waals surface area (Å²) in [6.45, 7) is 1.29. The van der Waals surface area contributed by atoms with E-state index in [1.54, 1.807) is 18.2 Å². The van der Waals surface area contributed by atoms with Crippen molar-refractivity contribution < 1.29 is 9.53 Å². The first kappa shape index (κ1) is 12.7. The normalized spacial score (nSPS) is 19.3.